The molecule has 2 heterocycles. The zero-order valence-corrected chi connectivity index (χ0v) is 14.6. The van der Waals surface area contributed by atoms with Crippen molar-refractivity contribution in [1.29, 1.82) is 0 Å². The second-order valence-electron chi connectivity index (χ2n) is 7.02. The number of urea groups is 1. The molecule has 0 spiro atoms. The molecule has 0 bridgehead atoms. The molecule has 3 rings (SSSR count). The second kappa shape index (κ2) is 6.00. The van der Waals surface area contributed by atoms with Gasteiger partial charge in [-0.15, -0.1) is 0 Å². The molecule has 0 radical (unpaired) electrons. The first-order valence-electron chi connectivity index (χ1n) is 8.35. The monoisotopic (exact) mass is 332 g/mol. The Balaban J connectivity index is 1.85. The van der Waals surface area contributed by atoms with Gasteiger partial charge in [0, 0.05) is 13.5 Å². The van der Waals surface area contributed by atoms with Gasteiger partial charge in [0.2, 0.25) is 0 Å². The number of esters is 1. The third-order valence-corrected chi connectivity index (χ3v) is 4.63. The number of benzene rings is 1. The molecule has 24 heavy (non-hydrogen) atoms. The topological polar surface area (TPSA) is 59.1 Å². The molecular formula is C18H24N2O4. The third-order valence-electron chi connectivity index (χ3n) is 4.63. The van der Waals surface area contributed by atoms with Crippen molar-refractivity contribution in [3.63, 3.8) is 0 Å². The summed E-state index contributed by atoms with van der Waals surface area (Å²) in [6, 6.07) is 6.74. The molecule has 2 amide bonds. The minimum atomic E-state index is -0.553. The fourth-order valence-corrected chi connectivity index (χ4v) is 3.24. The first-order chi connectivity index (χ1) is 11.3. The number of anilines is 1. The van der Waals surface area contributed by atoms with E-state index in [1.165, 1.54) is 4.90 Å². The average Bonchev–Trinajstić information content (AvgIpc) is 2.85. The summed E-state index contributed by atoms with van der Waals surface area (Å²) in [5.74, 6) is 0.358. The van der Waals surface area contributed by atoms with Crippen LogP contribution in [0.4, 0.5) is 10.5 Å². The molecule has 0 saturated carbocycles. The van der Waals surface area contributed by atoms with Crippen molar-refractivity contribution < 1.29 is 19.1 Å². The molecule has 6 nitrogen and oxygen atoms in total. The van der Waals surface area contributed by atoms with E-state index < -0.39 is 11.6 Å². The van der Waals surface area contributed by atoms with E-state index in [4.69, 9.17) is 9.47 Å². The van der Waals surface area contributed by atoms with E-state index in [0.717, 1.165) is 12.1 Å². The number of fused-ring (bicyclic) bond motifs is 1. The van der Waals surface area contributed by atoms with Crippen molar-refractivity contribution in [1.82, 2.24) is 4.90 Å². The van der Waals surface area contributed by atoms with Gasteiger partial charge in [-0.1, -0.05) is 19.1 Å². The smallest absolute Gasteiger partial charge is 0.329 e. The summed E-state index contributed by atoms with van der Waals surface area (Å²) in [4.78, 5) is 28.4. The van der Waals surface area contributed by atoms with Gasteiger partial charge in [0.1, 0.15) is 23.5 Å². The molecule has 1 aromatic rings. The van der Waals surface area contributed by atoms with Gasteiger partial charge in [-0.3, -0.25) is 4.90 Å². The standard InChI is InChI=1S/C18H24N2O4/c1-5-12-11-20(13-8-6-7-9-15(13)23-12)17(22)19(4)14-10-18(2,3)24-16(14)21/h6-9,12,14H,5,10-11H2,1-4H3. The molecule has 2 aliphatic rings. The van der Waals surface area contributed by atoms with Crippen molar-refractivity contribution in [2.24, 2.45) is 0 Å². The fraction of sp³-hybridized carbons (Fsp3) is 0.556. The average molecular weight is 332 g/mol. The second-order valence-corrected chi connectivity index (χ2v) is 7.02. The van der Waals surface area contributed by atoms with Gasteiger partial charge < -0.3 is 14.4 Å². The fourth-order valence-electron chi connectivity index (χ4n) is 3.24. The van der Waals surface area contributed by atoms with Crippen LogP contribution < -0.4 is 9.64 Å². The number of cyclic esters (lactones) is 1. The lowest BCUT2D eigenvalue weighted by Gasteiger charge is -2.37. The Morgan fingerprint density at radius 2 is 2.08 bits per heavy atom. The predicted octanol–water partition coefficient (Wildman–Crippen LogP) is 2.81. The maximum atomic E-state index is 13.1. The van der Waals surface area contributed by atoms with Crippen LogP contribution in [0.2, 0.25) is 0 Å². The van der Waals surface area contributed by atoms with Crippen LogP contribution in [0.1, 0.15) is 33.6 Å². The van der Waals surface area contributed by atoms with Gasteiger partial charge in [-0.2, -0.15) is 0 Å². The summed E-state index contributed by atoms with van der Waals surface area (Å²) in [5, 5.41) is 0. The minimum Gasteiger partial charge on any atom is -0.486 e. The van der Waals surface area contributed by atoms with Gasteiger partial charge in [-0.25, -0.2) is 9.59 Å². The Hall–Kier alpha value is -2.24. The van der Waals surface area contributed by atoms with Crippen molar-refractivity contribution in [2.75, 3.05) is 18.5 Å². The molecule has 1 aromatic carbocycles. The maximum absolute atomic E-state index is 13.1. The summed E-state index contributed by atoms with van der Waals surface area (Å²) >= 11 is 0. The van der Waals surface area contributed by atoms with Crippen LogP contribution in [-0.2, 0) is 9.53 Å². The first-order valence-corrected chi connectivity index (χ1v) is 8.35. The zero-order valence-electron chi connectivity index (χ0n) is 14.6. The van der Waals surface area contributed by atoms with E-state index >= 15 is 0 Å². The Morgan fingerprint density at radius 3 is 2.71 bits per heavy atom. The quantitative estimate of drug-likeness (QED) is 0.782. The van der Waals surface area contributed by atoms with Crippen molar-refractivity contribution in [3.8, 4) is 5.75 Å². The molecule has 0 aliphatic carbocycles. The molecule has 0 aromatic heterocycles. The Kier molecular flexibility index (Phi) is 4.15. The number of likely N-dealkylation sites (N-methyl/N-ethyl adjacent to an activating group) is 1. The molecule has 6 heteroatoms. The van der Waals surface area contributed by atoms with Crippen LogP contribution in [0, 0.1) is 0 Å². The minimum absolute atomic E-state index is 0.0516. The SMILES string of the molecule is CCC1CN(C(=O)N(C)C2CC(C)(C)OC2=O)c2ccccc2O1. The third kappa shape index (κ3) is 2.92. The Labute approximate surface area is 142 Å². The van der Waals surface area contributed by atoms with E-state index in [-0.39, 0.29) is 18.1 Å². The van der Waals surface area contributed by atoms with Crippen LogP contribution in [0.15, 0.2) is 24.3 Å². The van der Waals surface area contributed by atoms with Crippen molar-refractivity contribution in [2.45, 2.75) is 51.4 Å². The van der Waals surface area contributed by atoms with E-state index in [9.17, 15) is 9.59 Å². The molecule has 0 N–H and O–H groups in total. The number of nitrogens with zero attached hydrogens (tertiary/aromatic N) is 2. The van der Waals surface area contributed by atoms with Crippen LogP contribution in [-0.4, -0.2) is 48.2 Å². The molecule has 2 unspecified atom stereocenters. The van der Waals surface area contributed by atoms with Gasteiger partial charge in [0.15, 0.2) is 0 Å². The van der Waals surface area contributed by atoms with Gasteiger partial charge >= 0.3 is 12.0 Å². The zero-order chi connectivity index (χ0) is 17.5. The highest BCUT2D eigenvalue weighted by atomic mass is 16.6. The van der Waals surface area contributed by atoms with Crippen LogP contribution >= 0.6 is 0 Å². The van der Waals surface area contributed by atoms with Crippen molar-refractivity contribution in [3.05, 3.63) is 24.3 Å². The molecule has 1 fully saturated rings. The highest BCUT2D eigenvalue weighted by molar-refractivity contribution is 5.96. The molecule has 1 saturated heterocycles. The maximum Gasteiger partial charge on any atom is 0.329 e. The number of carbonyl (C=O) groups excluding carboxylic acids is 2. The van der Waals surface area contributed by atoms with E-state index in [1.54, 1.807) is 11.9 Å². The Bertz CT molecular complexity index is 658. The van der Waals surface area contributed by atoms with Gasteiger partial charge in [-0.05, 0) is 32.4 Å². The summed E-state index contributed by atoms with van der Waals surface area (Å²) in [6.07, 6.45) is 1.25. The lowest BCUT2D eigenvalue weighted by Crippen LogP contribution is -2.52. The number of hydrogen-bond acceptors (Lipinski definition) is 4. The summed E-state index contributed by atoms with van der Waals surface area (Å²) in [7, 11) is 1.66. The van der Waals surface area contributed by atoms with Crippen molar-refractivity contribution >= 4 is 17.7 Å². The number of ether oxygens (including phenoxy) is 2. The van der Waals surface area contributed by atoms with Gasteiger partial charge in [0.05, 0.1) is 12.2 Å². The molecule has 2 aliphatic heterocycles. The first kappa shape index (κ1) is 16.6. The predicted molar refractivity (Wildman–Crippen MR) is 90.2 cm³/mol. The number of hydrogen-bond donors (Lipinski definition) is 0. The van der Waals surface area contributed by atoms with Crippen LogP contribution in [0.25, 0.3) is 0 Å². The number of rotatable bonds is 2. The highest BCUT2D eigenvalue weighted by Crippen LogP contribution is 2.35. The molecular weight excluding hydrogens is 308 g/mol. The lowest BCUT2D eigenvalue weighted by molar-refractivity contribution is -0.148. The lowest BCUT2D eigenvalue weighted by atomic mass is 10.0. The largest absolute Gasteiger partial charge is 0.486 e. The summed E-state index contributed by atoms with van der Waals surface area (Å²) in [5.41, 5.74) is 0.204. The van der Waals surface area contributed by atoms with E-state index in [1.807, 2.05) is 45.0 Å². The Morgan fingerprint density at radius 1 is 1.38 bits per heavy atom. The number of carbonyl (C=O) groups is 2. The molecule has 130 valence electrons. The van der Waals surface area contributed by atoms with E-state index in [2.05, 4.69) is 0 Å². The normalized spacial score (nSPS) is 24.8. The number of para-hydroxylation sites is 2. The van der Waals surface area contributed by atoms with E-state index in [0.29, 0.717) is 18.7 Å². The summed E-state index contributed by atoms with van der Waals surface area (Å²) < 4.78 is 11.3. The number of amides is 2. The molecule has 2 atom stereocenters. The highest BCUT2D eigenvalue weighted by Gasteiger charge is 2.45. The van der Waals surface area contributed by atoms with Crippen LogP contribution in [0.5, 0.6) is 5.75 Å². The van der Waals surface area contributed by atoms with Gasteiger partial charge in [0.25, 0.3) is 0 Å². The van der Waals surface area contributed by atoms with Crippen LogP contribution in [0.3, 0.4) is 0 Å². The summed E-state index contributed by atoms with van der Waals surface area (Å²) in [6.45, 7) is 6.23.